The van der Waals surface area contributed by atoms with Gasteiger partial charge in [-0.05, 0) is 47.7 Å². The third-order valence-corrected chi connectivity index (χ3v) is 6.25. The van der Waals surface area contributed by atoms with Crippen molar-refractivity contribution in [2.24, 2.45) is 5.14 Å². The molecule has 2 aromatic carbocycles. The lowest BCUT2D eigenvalue weighted by Crippen LogP contribution is -2.29. The molecular formula is C17H20N4O6S2. The zero-order chi connectivity index (χ0) is 21.4. The van der Waals surface area contributed by atoms with E-state index in [1.54, 1.807) is 18.2 Å². The van der Waals surface area contributed by atoms with E-state index >= 15 is 0 Å². The molecule has 0 saturated carbocycles. The molecule has 0 aliphatic carbocycles. The second-order valence-electron chi connectivity index (χ2n) is 6.53. The molecule has 5 N–H and O–H groups in total. The Morgan fingerprint density at radius 3 is 2.45 bits per heavy atom. The zero-order valence-corrected chi connectivity index (χ0v) is 17.0. The maximum atomic E-state index is 12.0. The molecule has 0 spiro atoms. The number of anilines is 2. The van der Waals surface area contributed by atoms with E-state index in [1.165, 1.54) is 12.1 Å². The van der Waals surface area contributed by atoms with Gasteiger partial charge in [-0.15, -0.1) is 0 Å². The highest BCUT2D eigenvalue weighted by molar-refractivity contribution is 7.92. The second-order valence-corrected chi connectivity index (χ2v) is 9.42. The summed E-state index contributed by atoms with van der Waals surface area (Å²) in [6.07, 6.45) is 0.990. The predicted molar refractivity (Wildman–Crippen MR) is 108 cm³/mol. The predicted octanol–water partition coefficient (Wildman–Crippen LogP) is 0.342. The van der Waals surface area contributed by atoms with E-state index in [-0.39, 0.29) is 17.9 Å². The summed E-state index contributed by atoms with van der Waals surface area (Å²) in [4.78, 5) is 11.4. The van der Waals surface area contributed by atoms with Gasteiger partial charge in [0.25, 0.3) is 16.1 Å². The van der Waals surface area contributed by atoms with E-state index < -0.39 is 32.9 Å². The summed E-state index contributed by atoms with van der Waals surface area (Å²) in [5.41, 5.74) is 2.50. The van der Waals surface area contributed by atoms with Gasteiger partial charge in [-0.3, -0.25) is 9.52 Å². The van der Waals surface area contributed by atoms with E-state index in [0.29, 0.717) is 16.8 Å². The van der Waals surface area contributed by atoms with Crippen LogP contribution < -0.4 is 18.9 Å². The van der Waals surface area contributed by atoms with Crippen molar-refractivity contribution < 1.29 is 26.7 Å². The molecular weight excluding hydrogens is 420 g/mol. The summed E-state index contributed by atoms with van der Waals surface area (Å²) in [5, 5.41) is 15.4. The van der Waals surface area contributed by atoms with Crippen molar-refractivity contribution in [1.29, 1.82) is 0 Å². The Morgan fingerprint density at radius 1 is 1.21 bits per heavy atom. The van der Waals surface area contributed by atoms with Crippen LogP contribution in [0.2, 0.25) is 0 Å². The lowest BCUT2D eigenvalue weighted by Gasteiger charge is -2.17. The van der Waals surface area contributed by atoms with E-state index in [0.717, 1.165) is 16.3 Å². The number of rotatable bonds is 6. The minimum absolute atomic E-state index is 0.0303. The molecule has 10 nitrogen and oxygen atoms in total. The number of phenols is 1. The van der Waals surface area contributed by atoms with Crippen LogP contribution in [0.5, 0.6) is 5.75 Å². The molecule has 1 saturated heterocycles. The fraction of sp³-hybridized carbons (Fsp3) is 0.235. The van der Waals surface area contributed by atoms with Gasteiger partial charge in [-0.25, -0.2) is 14.2 Å². The van der Waals surface area contributed by atoms with E-state index in [9.17, 15) is 26.7 Å². The number of nitrogens with two attached hydrogens (primary N) is 1. The van der Waals surface area contributed by atoms with Crippen LogP contribution in [0.4, 0.5) is 11.4 Å². The van der Waals surface area contributed by atoms with Crippen molar-refractivity contribution in [3.05, 3.63) is 53.1 Å². The molecule has 1 aliphatic heterocycles. The number of phenolic OH excluding ortho intramolecular Hbond substituents is 1. The quantitative estimate of drug-likeness (QED) is 0.507. The Balaban J connectivity index is 1.93. The topological polar surface area (TPSA) is 159 Å². The van der Waals surface area contributed by atoms with Crippen LogP contribution in [0, 0.1) is 0 Å². The molecule has 0 aromatic heterocycles. The van der Waals surface area contributed by atoms with Crippen molar-refractivity contribution in [3.8, 4) is 5.75 Å². The van der Waals surface area contributed by atoms with Crippen LogP contribution in [-0.2, 0) is 38.1 Å². The first-order valence-corrected chi connectivity index (χ1v) is 11.5. The highest BCUT2D eigenvalue weighted by atomic mass is 32.2. The molecule has 1 heterocycles. The van der Waals surface area contributed by atoms with Gasteiger partial charge >= 0.3 is 10.2 Å². The standard InChI is InChI=1S/C17H20N4O6S2/c1-2-11-3-5-14(19-28(18,24)25)13(7-11)8-12-4-6-15(16(22)9-12)21-10-17(23)20-29(21,26)27/h3-7,9,19,22H,2,8,10H2,1H3,(H,20,23)(H2,18,24,25). The van der Waals surface area contributed by atoms with Crippen LogP contribution in [-0.4, -0.2) is 34.4 Å². The number of carbonyl (C=O) groups is 1. The third-order valence-electron chi connectivity index (χ3n) is 4.35. The normalized spacial score (nSPS) is 15.9. The SMILES string of the molecule is CCc1ccc(NS(N)(=O)=O)c(Cc2ccc(N3CC(=O)NS3(=O)=O)c(O)c2)c1. The molecule has 2 aromatic rings. The molecule has 1 amide bonds. The number of aryl methyl sites for hydroxylation is 1. The number of nitrogens with one attached hydrogen (secondary N) is 2. The highest BCUT2D eigenvalue weighted by Crippen LogP contribution is 2.32. The first-order valence-electron chi connectivity index (χ1n) is 8.56. The molecule has 12 heteroatoms. The fourth-order valence-corrected chi connectivity index (χ4v) is 4.71. The molecule has 1 fully saturated rings. The first-order chi connectivity index (χ1) is 13.5. The number of carbonyl (C=O) groups excluding carboxylic acids is 1. The first kappa shape index (κ1) is 20.9. The Morgan fingerprint density at radius 2 is 1.90 bits per heavy atom. The summed E-state index contributed by atoms with van der Waals surface area (Å²) in [5.74, 6) is -1.02. The van der Waals surface area contributed by atoms with Gasteiger partial charge in [0.1, 0.15) is 12.3 Å². The Labute approximate surface area is 168 Å². The summed E-state index contributed by atoms with van der Waals surface area (Å²) in [6.45, 7) is 1.54. The van der Waals surface area contributed by atoms with Crippen molar-refractivity contribution in [3.63, 3.8) is 0 Å². The fourth-order valence-electron chi connectivity index (χ4n) is 3.04. The number of hydrogen-bond donors (Lipinski definition) is 4. The van der Waals surface area contributed by atoms with Crippen molar-refractivity contribution in [2.75, 3.05) is 15.6 Å². The Kier molecular flexibility index (Phi) is 5.43. The average molecular weight is 441 g/mol. The molecule has 156 valence electrons. The maximum absolute atomic E-state index is 12.0. The largest absolute Gasteiger partial charge is 0.506 e. The van der Waals surface area contributed by atoms with Crippen LogP contribution in [0.25, 0.3) is 0 Å². The smallest absolute Gasteiger partial charge is 0.326 e. The van der Waals surface area contributed by atoms with Crippen LogP contribution in [0.15, 0.2) is 36.4 Å². The van der Waals surface area contributed by atoms with Gasteiger partial charge in [0.05, 0.1) is 11.4 Å². The summed E-state index contributed by atoms with van der Waals surface area (Å²) < 4.78 is 51.6. The number of nitrogens with zero attached hydrogens (tertiary/aromatic N) is 1. The van der Waals surface area contributed by atoms with Gasteiger partial charge in [0.15, 0.2) is 0 Å². The Bertz CT molecular complexity index is 1180. The summed E-state index contributed by atoms with van der Waals surface area (Å²) >= 11 is 0. The molecule has 29 heavy (non-hydrogen) atoms. The van der Waals surface area contributed by atoms with Gasteiger partial charge in [-0.2, -0.15) is 16.8 Å². The highest BCUT2D eigenvalue weighted by Gasteiger charge is 2.35. The number of aromatic hydroxyl groups is 1. The monoisotopic (exact) mass is 440 g/mol. The molecule has 1 aliphatic rings. The van der Waals surface area contributed by atoms with Crippen molar-refractivity contribution >= 4 is 37.7 Å². The van der Waals surface area contributed by atoms with E-state index in [2.05, 4.69) is 4.72 Å². The molecule has 0 unspecified atom stereocenters. The van der Waals surface area contributed by atoms with Crippen LogP contribution >= 0.6 is 0 Å². The minimum Gasteiger partial charge on any atom is -0.506 e. The van der Waals surface area contributed by atoms with Gasteiger partial charge in [0.2, 0.25) is 0 Å². The lowest BCUT2D eigenvalue weighted by atomic mass is 9.99. The Hall–Kier alpha value is -2.83. The van der Waals surface area contributed by atoms with Crippen LogP contribution in [0.3, 0.4) is 0 Å². The lowest BCUT2D eigenvalue weighted by molar-refractivity contribution is -0.117. The van der Waals surface area contributed by atoms with Crippen LogP contribution in [0.1, 0.15) is 23.6 Å². The van der Waals surface area contributed by atoms with Gasteiger partial charge in [-0.1, -0.05) is 25.1 Å². The van der Waals surface area contributed by atoms with Gasteiger partial charge in [0, 0.05) is 0 Å². The summed E-state index contributed by atoms with van der Waals surface area (Å²) in [7, 11) is -8.00. The molecule has 0 atom stereocenters. The maximum Gasteiger partial charge on any atom is 0.326 e. The molecule has 0 radical (unpaired) electrons. The summed E-state index contributed by atoms with van der Waals surface area (Å²) in [6, 6.07) is 9.56. The number of hydrogen-bond acceptors (Lipinski definition) is 6. The zero-order valence-electron chi connectivity index (χ0n) is 15.4. The minimum atomic E-state index is -4.04. The second kappa shape index (κ2) is 7.54. The number of amides is 1. The van der Waals surface area contributed by atoms with Gasteiger partial charge < -0.3 is 5.11 Å². The molecule has 3 rings (SSSR count). The number of benzene rings is 2. The molecule has 0 bridgehead atoms. The third kappa shape index (κ3) is 4.78. The average Bonchev–Trinajstić information content (AvgIpc) is 2.87. The van der Waals surface area contributed by atoms with E-state index in [1.807, 2.05) is 17.7 Å². The van der Waals surface area contributed by atoms with Crippen molar-refractivity contribution in [1.82, 2.24) is 4.72 Å². The van der Waals surface area contributed by atoms with Crippen molar-refractivity contribution in [2.45, 2.75) is 19.8 Å². The van der Waals surface area contributed by atoms with E-state index in [4.69, 9.17) is 5.14 Å².